The highest BCUT2D eigenvalue weighted by molar-refractivity contribution is 6.30. The van der Waals surface area contributed by atoms with E-state index in [1.807, 2.05) is 12.1 Å². The molecule has 0 spiro atoms. The molecule has 0 aromatic heterocycles. The van der Waals surface area contributed by atoms with Crippen LogP contribution in [0.1, 0.15) is 24.8 Å². The first-order valence-electron chi connectivity index (χ1n) is 7.82. The molecular weight excluding hydrogens is 286 g/mol. The maximum Gasteiger partial charge on any atom is 0.0700 e. The summed E-state index contributed by atoms with van der Waals surface area (Å²) in [7, 11) is 1.70. The zero-order chi connectivity index (χ0) is 14.9. The molecule has 1 N–H and O–H groups in total. The number of benzene rings is 1. The van der Waals surface area contributed by atoms with E-state index in [4.69, 9.17) is 21.1 Å². The molecule has 2 rings (SSSR count). The number of rotatable bonds is 11. The largest absolute Gasteiger partial charge is 0.382 e. The molecule has 0 bridgehead atoms. The van der Waals surface area contributed by atoms with Gasteiger partial charge in [-0.1, -0.05) is 23.7 Å². The first-order valence-corrected chi connectivity index (χ1v) is 8.20. The minimum Gasteiger partial charge on any atom is -0.382 e. The van der Waals surface area contributed by atoms with Crippen molar-refractivity contribution in [2.45, 2.75) is 31.7 Å². The average molecular weight is 312 g/mol. The molecular formula is C17H26ClNO2. The fourth-order valence-corrected chi connectivity index (χ4v) is 2.60. The normalized spacial score (nSPS) is 16.1. The molecule has 0 saturated heterocycles. The highest BCUT2D eigenvalue weighted by atomic mass is 35.5. The van der Waals surface area contributed by atoms with Crippen LogP contribution in [0.25, 0.3) is 0 Å². The molecule has 0 amide bonds. The van der Waals surface area contributed by atoms with Gasteiger partial charge in [0.1, 0.15) is 0 Å². The third kappa shape index (κ3) is 7.28. The lowest BCUT2D eigenvalue weighted by Gasteiger charge is -2.18. The molecule has 3 nitrogen and oxygen atoms in total. The van der Waals surface area contributed by atoms with Crippen molar-refractivity contribution in [2.24, 2.45) is 5.92 Å². The van der Waals surface area contributed by atoms with Crippen LogP contribution < -0.4 is 5.32 Å². The average Bonchev–Trinajstić information content (AvgIpc) is 3.28. The molecule has 21 heavy (non-hydrogen) atoms. The Labute approximate surface area is 133 Å². The van der Waals surface area contributed by atoms with Crippen molar-refractivity contribution in [2.75, 3.05) is 33.5 Å². The zero-order valence-electron chi connectivity index (χ0n) is 12.8. The van der Waals surface area contributed by atoms with Gasteiger partial charge in [0, 0.05) is 24.8 Å². The summed E-state index contributed by atoms with van der Waals surface area (Å²) in [5, 5.41) is 4.45. The van der Waals surface area contributed by atoms with Gasteiger partial charge in [-0.15, -0.1) is 0 Å². The minimum atomic E-state index is 0.589. The summed E-state index contributed by atoms with van der Waals surface area (Å²) < 4.78 is 10.6. The van der Waals surface area contributed by atoms with Crippen LogP contribution in [0, 0.1) is 5.92 Å². The Morgan fingerprint density at radius 3 is 2.86 bits per heavy atom. The van der Waals surface area contributed by atoms with Crippen molar-refractivity contribution in [3.63, 3.8) is 0 Å². The second-order valence-electron chi connectivity index (χ2n) is 5.78. The number of hydrogen-bond donors (Lipinski definition) is 1. The third-order valence-electron chi connectivity index (χ3n) is 3.79. The number of halogens is 1. The Hall–Kier alpha value is -0.610. The standard InChI is InChI=1S/C17H26ClNO2/c1-20-9-10-21-8-7-15(13-19-17-5-6-17)11-14-3-2-4-16(18)12-14/h2-4,12,15,17,19H,5-11,13H2,1H3. The van der Waals surface area contributed by atoms with E-state index in [2.05, 4.69) is 17.4 Å². The number of nitrogens with one attached hydrogen (secondary N) is 1. The van der Waals surface area contributed by atoms with Crippen molar-refractivity contribution in [1.29, 1.82) is 0 Å². The van der Waals surface area contributed by atoms with Gasteiger partial charge in [0.2, 0.25) is 0 Å². The monoisotopic (exact) mass is 311 g/mol. The van der Waals surface area contributed by atoms with Crippen LogP contribution in [0.2, 0.25) is 5.02 Å². The van der Waals surface area contributed by atoms with Gasteiger partial charge in [0.05, 0.1) is 13.2 Å². The predicted molar refractivity (Wildman–Crippen MR) is 87.0 cm³/mol. The maximum atomic E-state index is 6.07. The summed E-state index contributed by atoms with van der Waals surface area (Å²) in [4.78, 5) is 0. The SMILES string of the molecule is COCCOCCC(CNC1CC1)Cc1cccc(Cl)c1. The summed E-state index contributed by atoms with van der Waals surface area (Å²) in [6.45, 7) is 3.20. The van der Waals surface area contributed by atoms with Gasteiger partial charge < -0.3 is 14.8 Å². The predicted octanol–water partition coefficient (Wildman–Crippen LogP) is 3.30. The molecule has 0 radical (unpaired) electrons. The molecule has 0 heterocycles. The molecule has 0 aliphatic heterocycles. The van der Waals surface area contributed by atoms with Crippen LogP contribution in [0.15, 0.2) is 24.3 Å². The number of ether oxygens (including phenoxy) is 2. The quantitative estimate of drug-likeness (QED) is 0.636. The molecule has 1 atom stereocenters. The van der Waals surface area contributed by atoms with Gasteiger partial charge in [-0.2, -0.15) is 0 Å². The van der Waals surface area contributed by atoms with Crippen molar-refractivity contribution >= 4 is 11.6 Å². The van der Waals surface area contributed by atoms with Crippen molar-refractivity contribution < 1.29 is 9.47 Å². The lowest BCUT2D eigenvalue weighted by atomic mass is 9.96. The molecule has 118 valence electrons. The Morgan fingerprint density at radius 2 is 2.14 bits per heavy atom. The van der Waals surface area contributed by atoms with Crippen LogP contribution in [-0.4, -0.2) is 39.5 Å². The van der Waals surface area contributed by atoms with Crippen molar-refractivity contribution in [3.8, 4) is 0 Å². The Morgan fingerprint density at radius 1 is 1.29 bits per heavy atom. The minimum absolute atomic E-state index is 0.589. The molecule has 1 fully saturated rings. The zero-order valence-corrected chi connectivity index (χ0v) is 13.6. The first-order chi connectivity index (χ1) is 10.3. The molecule has 1 aliphatic rings. The van der Waals surface area contributed by atoms with Crippen molar-refractivity contribution in [3.05, 3.63) is 34.9 Å². The second-order valence-corrected chi connectivity index (χ2v) is 6.21. The summed E-state index contributed by atoms with van der Waals surface area (Å²) in [6, 6.07) is 8.93. The van der Waals surface area contributed by atoms with E-state index < -0.39 is 0 Å². The second kappa shape index (κ2) is 9.42. The van der Waals surface area contributed by atoms with Crippen LogP contribution in [0.5, 0.6) is 0 Å². The Balaban J connectivity index is 1.76. The molecule has 1 unspecified atom stereocenters. The van der Waals surface area contributed by atoms with E-state index >= 15 is 0 Å². The van der Waals surface area contributed by atoms with E-state index in [1.165, 1.54) is 18.4 Å². The highest BCUT2D eigenvalue weighted by Crippen LogP contribution is 2.21. The number of methoxy groups -OCH3 is 1. The Bertz CT molecular complexity index is 410. The lowest BCUT2D eigenvalue weighted by Crippen LogP contribution is -2.27. The van der Waals surface area contributed by atoms with E-state index in [-0.39, 0.29) is 0 Å². The first kappa shape index (κ1) is 16.8. The highest BCUT2D eigenvalue weighted by Gasteiger charge is 2.22. The Kier molecular flexibility index (Phi) is 7.51. The van der Waals surface area contributed by atoms with Gasteiger partial charge in [-0.3, -0.25) is 0 Å². The van der Waals surface area contributed by atoms with E-state index in [1.54, 1.807) is 7.11 Å². The fraction of sp³-hybridized carbons (Fsp3) is 0.647. The van der Waals surface area contributed by atoms with Crippen LogP contribution >= 0.6 is 11.6 Å². The van der Waals surface area contributed by atoms with Gasteiger partial charge >= 0.3 is 0 Å². The summed E-state index contributed by atoms with van der Waals surface area (Å²) >= 11 is 6.07. The molecule has 4 heteroatoms. The third-order valence-corrected chi connectivity index (χ3v) is 4.02. The molecule has 1 aromatic rings. The summed E-state index contributed by atoms with van der Waals surface area (Å²) in [5.41, 5.74) is 1.31. The summed E-state index contributed by atoms with van der Waals surface area (Å²) in [6.07, 6.45) is 4.77. The van der Waals surface area contributed by atoms with Crippen LogP contribution in [0.4, 0.5) is 0 Å². The van der Waals surface area contributed by atoms with Gasteiger partial charge in [-0.25, -0.2) is 0 Å². The molecule has 1 aromatic carbocycles. The number of hydrogen-bond acceptors (Lipinski definition) is 3. The molecule has 1 saturated carbocycles. The van der Waals surface area contributed by atoms with Crippen molar-refractivity contribution in [1.82, 2.24) is 5.32 Å². The lowest BCUT2D eigenvalue weighted by molar-refractivity contribution is 0.0636. The topological polar surface area (TPSA) is 30.5 Å². The van der Waals surface area contributed by atoms with Gasteiger partial charge in [0.15, 0.2) is 0 Å². The van der Waals surface area contributed by atoms with E-state index in [0.717, 1.165) is 37.1 Å². The van der Waals surface area contributed by atoms with Gasteiger partial charge in [-0.05, 0) is 55.8 Å². The van der Waals surface area contributed by atoms with E-state index in [0.29, 0.717) is 19.1 Å². The fourth-order valence-electron chi connectivity index (χ4n) is 2.39. The molecule has 1 aliphatic carbocycles. The summed E-state index contributed by atoms with van der Waals surface area (Å²) in [5.74, 6) is 0.589. The van der Waals surface area contributed by atoms with Crippen LogP contribution in [0.3, 0.4) is 0 Å². The van der Waals surface area contributed by atoms with Gasteiger partial charge in [0.25, 0.3) is 0 Å². The maximum absolute atomic E-state index is 6.07. The smallest absolute Gasteiger partial charge is 0.0700 e. The van der Waals surface area contributed by atoms with E-state index in [9.17, 15) is 0 Å². The van der Waals surface area contributed by atoms with Crippen LogP contribution in [-0.2, 0) is 15.9 Å².